The molecule has 0 fully saturated rings. The van der Waals surface area contributed by atoms with E-state index >= 15 is 0 Å². The van der Waals surface area contributed by atoms with E-state index in [9.17, 15) is 15.2 Å². The van der Waals surface area contributed by atoms with Crippen molar-refractivity contribution in [2.45, 2.75) is 27.3 Å². The Bertz CT molecular complexity index is 793. The number of nitrogens with zero attached hydrogens (tertiary/aromatic N) is 2. The molecule has 2 aromatic rings. The number of carbonyl (C=O) groups is 1. The molecule has 1 aromatic heterocycles. The summed E-state index contributed by atoms with van der Waals surface area (Å²) in [6.45, 7) is 6.86. The molecule has 23 heavy (non-hydrogen) atoms. The summed E-state index contributed by atoms with van der Waals surface area (Å²) in [5, 5.41) is 21.2. The molecule has 1 heterocycles. The molecular formula is C18H19N3O2. The third-order valence-corrected chi connectivity index (χ3v) is 3.72. The molecule has 0 aliphatic carbocycles. The Morgan fingerprint density at radius 3 is 2.52 bits per heavy atom. The topological polar surface area (TPSA) is 78.0 Å². The van der Waals surface area contributed by atoms with Crippen molar-refractivity contribution < 1.29 is 9.90 Å². The number of amides is 1. The lowest BCUT2D eigenvalue weighted by atomic mass is 10.1. The van der Waals surface area contributed by atoms with Gasteiger partial charge in [-0.15, -0.1) is 0 Å². The normalized spacial score (nSPS) is 11.1. The zero-order valence-electron chi connectivity index (χ0n) is 13.4. The maximum atomic E-state index is 12.2. The fraction of sp³-hybridized carbons (Fsp3) is 0.222. The zero-order chi connectivity index (χ0) is 17.0. The molecule has 118 valence electrons. The van der Waals surface area contributed by atoms with Gasteiger partial charge in [0.1, 0.15) is 17.4 Å². The van der Waals surface area contributed by atoms with Gasteiger partial charge in [0.05, 0.1) is 0 Å². The Balaban J connectivity index is 2.27. The van der Waals surface area contributed by atoms with Crippen LogP contribution >= 0.6 is 0 Å². The van der Waals surface area contributed by atoms with Crippen LogP contribution < -0.4 is 5.32 Å². The fourth-order valence-corrected chi connectivity index (χ4v) is 2.51. The third-order valence-electron chi connectivity index (χ3n) is 3.72. The van der Waals surface area contributed by atoms with E-state index in [0.717, 1.165) is 23.5 Å². The molecule has 0 atom stereocenters. The fourth-order valence-electron chi connectivity index (χ4n) is 2.51. The SMILES string of the molecule is CCn1c(C)cc(/C=C(/C#N)C(=O)Nc2ccc(O)cc2)c1C. The summed E-state index contributed by atoms with van der Waals surface area (Å²) in [6, 6.07) is 10.0. The Morgan fingerprint density at radius 2 is 2.00 bits per heavy atom. The average Bonchev–Trinajstić information content (AvgIpc) is 2.80. The van der Waals surface area contributed by atoms with Crippen LogP contribution in [0.1, 0.15) is 23.9 Å². The number of nitrogens with one attached hydrogen (secondary N) is 1. The van der Waals surface area contributed by atoms with Crippen LogP contribution in [-0.2, 0) is 11.3 Å². The first kappa shape index (κ1) is 16.4. The molecule has 2 rings (SSSR count). The van der Waals surface area contributed by atoms with E-state index in [0.29, 0.717) is 5.69 Å². The van der Waals surface area contributed by atoms with Crippen molar-refractivity contribution in [2.75, 3.05) is 5.32 Å². The number of nitriles is 1. The highest BCUT2D eigenvalue weighted by molar-refractivity contribution is 6.09. The van der Waals surface area contributed by atoms with Crippen LogP contribution in [0.2, 0.25) is 0 Å². The van der Waals surface area contributed by atoms with E-state index in [-0.39, 0.29) is 11.3 Å². The third kappa shape index (κ3) is 3.61. The van der Waals surface area contributed by atoms with Crippen LogP contribution in [-0.4, -0.2) is 15.6 Å². The second-order valence-corrected chi connectivity index (χ2v) is 5.24. The van der Waals surface area contributed by atoms with Crippen molar-refractivity contribution in [1.29, 1.82) is 5.26 Å². The Morgan fingerprint density at radius 1 is 1.35 bits per heavy atom. The number of benzene rings is 1. The number of aromatic hydroxyl groups is 1. The van der Waals surface area contributed by atoms with Crippen LogP contribution in [0.5, 0.6) is 5.75 Å². The van der Waals surface area contributed by atoms with Crippen molar-refractivity contribution >= 4 is 17.7 Å². The Kier molecular flexibility index (Phi) is 4.87. The first-order valence-corrected chi connectivity index (χ1v) is 7.35. The molecule has 1 aromatic carbocycles. The van der Waals surface area contributed by atoms with Gasteiger partial charge in [-0.1, -0.05) is 0 Å². The molecule has 0 aliphatic rings. The number of anilines is 1. The van der Waals surface area contributed by atoms with Crippen molar-refractivity contribution in [3.63, 3.8) is 0 Å². The smallest absolute Gasteiger partial charge is 0.266 e. The van der Waals surface area contributed by atoms with Crippen molar-refractivity contribution in [1.82, 2.24) is 4.57 Å². The number of carbonyl (C=O) groups excluding carboxylic acids is 1. The lowest BCUT2D eigenvalue weighted by Crippen LogP contribution is -2.13. The summed E-state index contributed by atoms with van der Waals surface area (Å²) in [7, 11) is 0. The van der Waals surface area contributed by atoms with E-state index < -0.39 is 5.91 Å². The van der Waals surface area contributed by atoms with E-state index in [2.05, 4.69) is 16.8 Å². The van der Waals surface area contributed by atoms with E-state index in [1.807, 2.05) is 26.0 Å². The molecule has 0 saturated heterocycles. The predicted molar refractivity (Wildman–Crippen MR) is 89.9 cm³/mol. The second kappa shape index (κ2) is 6.84. The van der Waals surface area contributed by atoms with Gasteiger partial charge in [0.2, 0.25) is 0 Å². The molecule has 0 unspecified atom stereocenters. The van der Waals surface area contributed by atoms with Gasteiger partial charge in [-0.05, 0) is 62.7 Å². The predicted octanol–water partition coefficient (Wildman–Crippen LogP) is 3.38. The van der Waals surface area contributed by atoms with Gasteiger partial charge in [0, 0.05) is 23.6 Å². The van der Waals surface area contributed by atoms with Crippen LogP contribution in [0.25, 0.3) is 6.08 Å². The number of rotatable bonds is 4. The minimum Gasteiger partial charge on any atom is -0.508 e. The van der Waals surface area contributed by atoms with Crippen LogP contribution in [0, 0.1) is 25.2 Å². The molecular weight excluding hydrogens is 290 g/mol. The molecule has 0 aliphatic heterocycles. The highest BCUT2D eigenvalue weighted by Gasteiger charge is 2.12. The number of hydrogen-bond donors (Lipinski definition) is 2. The standard InChI is InChI=1S/C18H19N3O2/c1-4-21-12(2)9-14(13(21)3)10-15(11-19)18(23)20-16-5-7-17(22)8-6-16/h5-10,22H,4H2,1-3H3,(H,20,23)/b15-10-. The van der Waals surface area contributed by atoms with Crippen molar-refractivity contribution in [3.8, 4) is 11.8 Å². The number of phenols is 1. The number of hydrogen-bond acceptors (Lipinski definition) is 3. The van der Waals surface area contributed by atoms with E-state index in [4.69, 9.17) is 0 Å². The van der Waals surface area contributed by atoms with Crippen LogP contribution in [0.15, 0.2) is 35.9 Å². The summed E-state index contributed by atoms with van der Waals surface area (Å²) >= 11 is 0. The molecule has 0 radical (unpaired) electrons. The highest BCUT2D eigenvalue weighted by Crippen LogP contribution is 2.19. The molecule has 2 N–H and O–H groups in total. The molecule has 0 spiro atoms. The molecule has 1 amide bonds. The van der Waals surface area contributed by atoms with Gasteiger partial charge in [0.25, 0.3) is 5.91 Å². The first-order valence-electron chi connectivity index (χ1n) is 7.35. The van der Waals surface area contributed by atoms with E-state index in [1.54, 1.807) is 18.2 Å². The van der Waals surface area contributed by atoms with Gasteiger partial charge in [-0.2, -0.15) is 5.26 Å². The second-order valence-electron chi connectivity index (χ2n) is 5.24. The molecule has 0 bridgehead atoms. The molecule has 5 nitrogen and oxygen atoms in total. The summed E-state index contributed by atoms with van der Waals surface area (Å²) in [4.78, 5) is 12.2. The van der Waals surface area contributed by atoms with Crippen molar-refractivity contribution in [2.24, 2.45) is 0 Å². The van der Waals surface area contributed by atoms with Gasteiger partial charge in [-0.25, -0.2) is 0 Å². The minimum absolute atomic E-state index is 0.0365. The van der Waals surface area contributed by atoms with Gasteiger partial charge < -0.3 is 15.0 Å². The quantitative estimate of drug-likeness (QED) is 0.516. The van der Waals surface area contributed by atoms with Gasteiger partial charge in [-0.3, -0.25) is 4.79 Å². The number of phenolic OH excluding ortho intramolecular Hbond substituents is 1. The monoisotopic (exact) mass is 309 g/mol. The summed E-state index contributed by atoms with van der Waals surface area (Å²) in [5.74, 6) is -0.356. The largest absolute Gasteiger partial charge is 0.508 e. The summed E-state index contributed by atoms with van der Waals surface area (Å²) < 4.78 is 2.12. The highest BCUT2D eigenvalue weighted by atomic mass is 16.3. The summed E-state index contributed by atoms with van der Waals surface area (Å²) in [6.07, 6.45) is 1.60. The van der Waals surface area contributed by atoms with Crippen LogP contribution in [0.4, 0.5) is 5.69 Å². The average molecular weight is 309 g/mol. The first-order chi connectivity index (χ1) is 11.0. The van der Waals surface area contributed by atoms with Gasteiger partial charge >= 0.3 is 0 Å². The van der Waals surface area contributed by atoms with Crippen molar-refractivity contribution in [3.05, 3.63) is 52.9 Å². The van der Waals surface area contributed by atoms with Crippen LogP contribution in [0.3, 0.4) is 0 Å². The maximum Gasteiger partial charge on any atom is 0.266 e. The molecule has 0 saturated carbocycles. The Hall–Kier alpha value is -3.00. The molecule has 5 heteroatoms. The zero-order valence-corrected chi connectivity index (χ0v) is 13.4. The summed E-state index contributed by atoms with van der Waals surface area (Å²) in [5.41, 5.74) is 3.53. The lowest BCUT2D eigenvalue weighted by Gasteiger charge is -2.05. The number of aryl methyl sites for hydroxylation is 1. The number of aromatic nitrogens is 1. The minimum atomic E-state index is -0.473. The Labute approximate surface area is 135 Å². The van der Waals surface area contributed by atoms with E-state index in [1.165, 1.54) is 12.1 Å². The maximum absolute atomic E-state index is 12.2. The lowest BCUT2D eigenvalue weighted by molar-refractivity contribution is -0.112. The van der Waals surface area contributed by atoms with Gasteiger partial charge in [0.15, 0.2) is 0 Å².